The van der Waals surface area contributed by atoms with Gasteiger partial charge < -0.3 is 9.47 Å². The van der Waals surface area contributed by atoms with Gasteiger partial charge in [-0.25, -0.2) is 0 Å². The molecule has 0 unspecified atom stereocenters. The Kier molecular flexibility index (Phi) is 7.11. The van der Waals surface area contributed by atoms with Crippen LogP contribution >= 0.6 is 0 Å². The molecule has 0 atom stereocenters. The maximum absolute atomic E-state index is 12.2. The zero-order valence-corrected chi connectivity index (χ0v) is 13.0. The number of rotatable bonds is 6. The predicted octanol–water partition coefficient (Wildman–Crippen LogP) is 5.14. The van der Waals surface area contributed by atoms with Crippen molar-refractivity contribution < 1.29 is 18.3 Å². The predicted molar refractivity (Wildman–Crippen MR) is 79.1 cm³/mol. The summed E-state index contributed by atoms with van der Waals surface area (Å²) < 4.78 is 36.0. The summed E-state index contributed by atoms with van der Waals surface area (Å²) in [6, 6.07) is 0. The summed E-state index contributed by atoms with van der Waals surface area (Å²) in [6.45, 7) is 3.84. The maximum Gasteiger partial charge on any atom is 0.266 e. The molecule has 1 aliphatic heterocycles. The summed E-state index contributed by atoms with van der Waals surface area (Å²) in [5, 5.41) is 0. The topological polar surface area (TPSA) is 18.5 Å². The number of ether oxygens (including phenoxy) is 2. The van der Waals surface area contributed by atoms with Crippen LogP contribution in [0.15, 0.2) is 12.2 Å². The van der Waals surface area contributed by atoms with Crippen molar-refractivity contribution in [2.75, 3.05) is 13.2 Å². The fraction of sp³-hybridized carbons (Fsp3) is 0.882. The minimum atomic E-state index is -1.52. The monoisotopic (exact) mass is 302 g/mol. The highest BCUT2D eigenvalue weighted by molar-refractivity contribution is 4.90. The second kappa shape index (κ2) is 8.84. The minimum absolute atomic E-state index is 0.0426. The van der Waals surface area contributed by atoms with Gasteiger partial charge in [-0.3, -0.25) is 0 Å². The molecule has 0 aromatic carbocycles. The van der Waals surface area contributed by atoms with Gasteiger partial charge in [0.1, 0.15) is 0 Å². The van der Waals surface area contributed by atoms with Crippen molar-refractivity contribution in [1.29, 1.82) is 0 Å². The molecular weight excluding hydrogens is 274 g/mol. The van der Waals surface area contributed by atoms with Gasteiger partial charge in [0.25, 0.3) is 6.08 Å². The van der Waals surface area contributed by atoms with E-state index >= 15 is 0 Å². The van der Waals surface area contributed by atoms with Gasteiger partial charge in [-0.1, -0.05) is 13.3 Å². The van der Waals surface area contributed by atoms with Crippen molar-refractivity contribution in [3.63, 3.8) is 0 Å². The molecule has 1 heterocycles. The molecule has 2 fully saturated rings. The zero-order valence-electron chi connectivity index (χ0n) is 13.0. The first-order valence-electron chi connectivity index (χ1n) is 8.43. The molecule has 0 N–H and O–H groups in total. The van der Waals surface area contributed by atoms with Gasteiger partial charge in [0.2, 0.25) is 0 Å². The van der Waals surface area contributed by atoms with Crippen molar-refractivity contribution in [3.05, 3.63) is 12.2 Å². The lowest BCUT2D eigenvalue weighted by molar-refractivity contribution is -0.205. The van der Waals surface area contributed by atoms with Crippen LogP contribution in [0.1, 0.15) is 58.3 Å². The van der Waals surface area contributed by atoms with Gasteiger partial charge in [-0.15, -0.1) is 0 Å². The van der Waals surface area contributed by atoms with Gasteiger partial charge in [0.05, 0.1) is 13.2 Å². The largest absolute Gasteiger partial charge is 0.352 e. The summed E-state index contributed by atoms with van der Waals surface area (Å²) in [6.07, 6.45) is 7.87. The van der Waals surface area contributed by atoms with E-state index in [9.17, 15) is 8.78 Å². The number of hydrogen-bond donors (Lipinski definition) is 0. The van der Waals surface area contributed by atoms with Crippen LogP contribution in [0.25, 0.3) is 0 Å². The third kappa shape index (κ3) is 6.03. The van der Waals surface area contributed by atoms with Gasteiger partial charge >= 0.3 is 0 Å². The Balaban J connectivity index is 1.59. The van der Waals surface area contributed by atoms with E-state index in [1.165, 1.54) is 12.8 Å². The fourth-order valence-corrected chi connectivity index (χ4v) is 3.52. The molecule has 2 aliphatic rings. The minimum Gasteiger partial charge on any atom is -0.352 e. The molecule has 1 saturated heterocycles. The summed E-state index contributed by atoms with van der Waals surface area (Å²) in [7, 11) is 0. The van der Waals surface area contributed by atoms with Crippen LogP contribution in [0.5, 0.6) is 0 Å². The van der Waals surface area contributed by atoms with Gasteiger partial charge in [0.15, 0.2) is 6.29 Å². The summed E-state index contributed by atoms with van der Waals surface area (Å²) in [5.41, 5.74) is 0. The third-order valence-corrected chi connectivity index (χ3v) is 4.80. The van der Waals surface area contributed by atoms with E-state index in [1.54, 1.807) is 0 Å². The van der Waals surface area contributed by atoms with Crippen LogP contribution in [0.2, 0.25) is 0 Å². The van der Waals surface area contributed by atoms with Crippen molar-refractivity contribution in [2.45, 2.75) is 64.6 Å². The molecule has 122 valence electrons. The van der Waals surface area contributed by atoms with Crippen LogP contribution in [0.4, 0.5) is 8.78 Å². The highest BCUT2D eigenvalue weighted by Crippen LogP contribution is 2.34. The van der Waals surface area contributed by atoms with Gasteiger partial charge in [-0.05, 0) is 62.9 Å². The van der Waals surface area contributed by atoms with Crippen LogP contribution in [-0.2, 0) is 9.47 Å². The van der Waals surface area contributed by atoms with E-state index in [0.29, 0.717) is 11.8 Å². The number of allylic oxidation sites excluding steroid dienone is 1. The molecule has 21 heavy (non-hydrogen) atoms. The van der Waals surface area contributed by atoms with Gasteiger partial charge in [-0.2, -0.15) is 8.78 Å². The average Bonchev–Trinajstić information content (AvgIpc) is 2.48. The molecular formula is C17H28F2O2. The molecule has 4 heteroatoms. The van der Waals surface area contributed by atoms with E-state index in [1.807, 2.05) is 0 Å². The van der Waals surface area contributed by atoms with E-state index in [0.717, 1.165) is 57.8 Å². The van der Waals surface area contributed by atoms with E-state index in [-0.39, 0.29) is 12.2 Å². The van der Waals surface area contributed by atoms with Gasteiger partial charge in [0, 0.05) is 5.92 Å². The Labute approximate surface area is 126 Å². The molecule has 1 aliphatic carbocycles. The second-order valence-corrected chi connectivity index (χ2v) is 6.57. The summed E-state index contributed by atoms with van der Waals surface area (Å²) >= 11 is 0. The molecule has 1 saturated carbocycles. The number of halogens is 2. The van der Waals surface area contributed by atoms with Crippen molar-refractivity contribution in [2.24, 2.45) is 17.8 Å². The van der Waals surface area contributed by atoms with E-state index in [2.05, 4.69) is 6.92 Å². The van der Waals surface area contributed by atoms with Crippen LogP contribution < -0.4 is 0 Å². The average molecular weight is 302 g/mol. The lowest BCUT2D eigenvalue weighted by atomic mass is 9.80. The second-order valence-electron chi connectivity index (χ2n) is 6.57. The first kappa shape index (κ1) is 16.9. The van der Waals surface area contributed by atoms with Crippen molar-refractivity contribution in [1.82, 2.24) is 0 Å². The van der Waals surface area contributed by atoms with Crippen molar-refractivity contribution >= 4 is 0 Å². The Hall–Kier alpha value is -0.480. The molecule has 0 spiro atoms. The summed E-state index contributed by atoms with van der Waals surface area (Å²) in [4.78, 5) is 0. The molecule has 2 nitrogen and oxygen atoms in total. The van der Waals surface area contributed by atoms with Crippen molar-refractivity contribution in [3.8, 4) is 0 Å². The molecule has 0 radical (unpaired) electrons. The first-order chi connectivity index (χ1) is 10.2. The fourth-order valence-electron chi connectivity index (χ4n) is 3.52. The SMILES string of the molecule is CCCC1COC(CCC2CCC(C=C(F)F)CC2)OC1. The third-order valence-electron chi connectivity index (χ3n) is 4.80. The maximum atomic E-state index is 12.2. The standard InChI is InChI=1S/C17H28F2O2/c1-2-3-15-11-20-17(21-12-15)9-8-13-4-6-14(7-5-13)10-16(18)19/h10,13-15,17H,2-9,11-12H2,1H3. The lowest BCUT2D eigenvalue weighted by Crippen LogP contribution is -2.32. The van der Waals surface area contributed by atoms with Crippen LogP contribution in [0, 0.1) is 17.8 Å². The quantitative estimate of drug-likeness (QED) is 0.676. The highest BCUT2D eigenvalue weighted by Gasteiger charge is 2.25. The zero-order chi connectivity index (χ0) is 15.1. The smallest absolute Gasteiger partial charge is 0.266 e. The number of hydrogen-bond acceptors (Lipinski definition) is 2. The molecule has 0 amide bonds. The van der Waals surface area contributed by atoms with E-state index in [4.69, 9.17) is 9.47 Å². The Bertz CT molecular complexity index is 313. The summed E-state index contributed by atoms with van der Waals surface area (Å²) in [5.74, 6) is 1.30. The van der Waals surface area contributed by atoms with E-state index < -0.39 is 6.08 Å². The first-order valence-corrected chi connectivity index (χ1v) is 8.43. The highest BCUT2D eigenvalue weighted by atomic mass is 19.3. The Morgan fingerprint density at radius 3 is 2.19 bits per heavy atom. The Morgan fingerprint density at radius 2 is 1.62 bits per heavy atom. The van der Waals surface area contributed by atoms with Crippen LogP contribution in [0.3, 0.4) is 0 Å². The molecule has 0 aromatic rings. The molecule has 0 aromatic heterocycles. The molecule has 2 rings (SSSR count). The lowest BCUT2D eigenvalue weighted by Gasteiger charge is -2.31. The normalized spacial score (nSPS) is 33.7. The van der Waals surface area contributed by atoms with Crippen LogP contribution in [-0.4, -0.2) is 19.5 Å². The Morgan fingerprint density at radius 1 is 0.952 bits per heavy atom. The molecule has 0 bridgehead atoms.